The topological polar surface area (TPSA) is 33.0 Å². The van der Waals surface area contributed by atoms with Gasteiger partial charge >= 0.3 is 0 Å². The van der Waals surface area contributed by atoms with E-state index in [1.54, 1.807) is 12.1 Å². The molecule has 0 aromatic heterocycles. The number of ether oxygens (including phenoxy) is 1. The Balaban J connectivity index is 2.42. The molecule has 0 amide bonds. The van der Waals surface area contributed by atoms with E-state index in [1.807, 2.05) is 6.07 Å². The van der Waals surface area contributed by atoms with E-state index in [0.29, 0.717) is 9.50 Å². The van der Waals surface area contributed by atoms with Gasteiger partial charge in [-0.15, -0.1) is 0 Å². The summed E-state index contributed by atoms with van der Waals surface area (Å²) >= 11 is 14.6. The van der Waals surface area contributed by atoms with Crippen molar-refractivity contribution < 1.29 is 9.13 Å². The third-order valence-electron chi connectivity index (χ3n) is 2.26. The van der Waals surface area contributed by atoms with Gasteiger partial charge in [-0.05, 0) is 40.2 Å². The van der Waals surface area contributed by atoms with E-state index in [-0.39, 0.29) is 22.1 Å². The molecule has 0 atom stereocenters. The van der Waals surface area contributed by atoms with E-state index < -0.39 is 5.82 Å². The summed E-state index contributed by atoms with van der Waals surface area (Å²) in [5.41, 5.74) is 0.259. The zero-order chi connectivity index (χ0) is 14.0. The quantitative estimate of drug-likeness (QED) is 0.657. The van der Waals surface area contributed by atoms with Crippen molar-refractivity contribution in [2.24, 2.45) is 0 Å². The van der Waals surface area contributed by atoms with Crippen molar-refractivity contribution in [2.45, 2.75) is 0 Å². The smallest absolute Gasteiger partial charge is 0.145 e. The standard InChI is InChI=1S/C13H5BrCl2FNO/c14-9-4-10(16)11(17)5-13(9)19-12-2-1-8(15)3-7(12)6-18/h1-5H. The van der Waals surface area contributed by atoms with Gasteiger partial charge in [0, 0.05) is 11.1 Å². The molecule has 96 valence electrons. The molecule has 0 saturated heterocycles. The Morgan fingerprint density at radius 1 is 1.16 bits per heavy atom. The summed E-state index contributed by atoms with van der Waals surface area (Å²) in [7, 11) is 0. The summed E-state index contributed by atoms with van der Waals surface area (Å²) in [6.07, 6.45) is 0. The largest absolute Gasteiger partial charge is 0.455 e. The fourth-order valence-electron chi connectivity index (χ4n) is 1.38. The molecule has 19 heavy (non-hydrogen) atoms. The first-order valence-corrected chi connectivity index (χ1v) is 6.58. The second-order valence-corrected chi connectivity index (χ2v) is 5.25. The molecule has 0 heterocycles. The molecule has 2 nitrogen and oxygen atoms in total. The van der Waals surface area contributed by atoms with Gasteiger partial charge in [0.1, 0.15) is 23.4 Å². The van der Waals surface area contributed by atoms with Crippen LogP contribution in [0.4, 0.5) is 4.39 Å². The lowest BCUT2D eigenvalue weighted by atomic mass is 10.2. The molecule has 0 spiro atoms. The fourth-order valence-corrected chi connectivity index (χ4v) is 2.27. The fraction of sp³-hybridized carbons (Fsp3) is 0. The lowest BCUT2D eigenvalue weighted by Crippen LogP contribution is -1.91. The van der Waals surface area contributed by atoms with Crippen LogP contribution in [0.25, 0.3) is 0 Å². The van der Waals surface area contributed by atoms with Crippen LogP contribution in [0.3, 0.4) is 0 Å². The Kier molecular flexibility index (Phi) is 4.31. The predicted molar refractivity (Wildman–Crippen MR) is 75.4 cm³/mol. The normalized spacial score (nSPS) is 10.1. The van der Waals surface area contributed by atoms with Gasteiger partial charge in [0.05, 0.1) is 15.1 Å². The number of nitrogens with zero attached hydrogens (tertiary/aromatic N) is 1. The average Bonchev–Trinajstić information content (AvgIpc) is 2.37. The van der Waals surface area contributed by atoms with E-state index in [1.165, 1.54) is 12.1 Å². The van der Waals surface area contributed by atoms with Crippen LogP contribution >= 0.6 is 39.1 Å². The summed E-state index contributed by atoms with van der Waals surface area (Å²) in [5, 5.41) is 9.40. The van der Waals surface area contributed by atoms with Crippen molar-refractivity contribution in [3.05, 3.63) is 56.2 Å². The molecular weight excluding hydrogens is 356 g/mol. The highest BCUT2D eigenvalue weighted by molar-refractivity contribution is 9.10. The van der Waals surface area contributed by atoms with Crippen LogP contribution in [0, 0.1) is 17.1 Å². The predicted octanol–water partition coefficient (Wildman–Crippen LogP) is 5.56. The maximum absolute atomic E-state index is 13.4. The van der Waals surface area contributed by atoms with Crippen LogP contribution in [0.1, 0.15) is 5.56 Å². The van der Waals surface area contributed by atoms with Crippen molar-refractivity contribution in [3.63, 3.8) is 0 Å². The van der Waals surface area contributed by atoms with E-state index in [2.05, 4.69) is 15.9 Å². The van der Waals surface area contributed by atoms with Crippen molar-refractivity contribution in [3.8, 4) is 17.6 Å². The number of benzene rings is 2. The van der Waals surface area contributed by atoms with Gasteiger partial charge in [-0.1, -0.05) is 23.2 Å². The zero-order valence-electron chi connectivity index (χ0n) is 9.25. The molecule has 2 aromatic rings. The van der Waals surface area contributed by atoms with E-state index >= 15 is 0 Å². The summed E-state index contributed by atoms with van der Waals surface area (Å²) in [6.45, 7) is 0. The second kappa shape index (κ2) is 5.79. The highest BCUT2D eigenvalue weighted by Crippen LogP contribution is 2.35. The number of hydrogen-bond donors (Lipinski definition) is 0. The molecule has 2 rings (SSSR count). The monoisotopic (exact) mass is 359 g/mol. The first-order valence-electron chi connectivity index (χ1n) is 5.03. The maximum atomic E-state index is 13.4. The molecule has 0 aliphatic carbocycles. The second-order valence-electron chi connectivity index (χ2n) is 3.55. The molecule has 6 heteroatoms. The van der Waals surface area contributed by atoms with Gasteiger partial charge < -0.3 is 4.74 Å². The van der Waals surface area contributed by atoms with Gasteiger partial charge in [-0.25, -0.2) is 4.39 Å². The van der Waals surface area contributed by atoms with E-state index in [9.17, 15) is 4.39 Å². The Bertz CT molecular complexity index is 685. The summed E-state index contributed by atoms with van der Waals surface area (Å²) in [5.74, 6) is -0.0950. The van der Waals surface area contributed by atoms with Crippen LogP contribution in [0.5, 0.6) is 11.5 Å². The van der Waals surface area contributed by atoms with Crippen molar-refractivity contribution in [2.75, 3.05) is 0 Å². The minimum Gasteiger partial charge on any atom is -0.455 e. The molecule has 0 unspecified atom stereocenters. The zero-order valence-corrected chi connectivity index (χ0v) is 12.4. The molecule has 2 aromatic carbocycles. The van der Waals surface area contributed by atoms with Crippen molar-refractivity contribution >= 4 is 39.1 Å². The molecule has 0 aliphatic heterocycles. The van der Waals surface area contributed by atoms with Crippen LogP contribution in [-0.4, -0.2) is 0 Å². The Hall–Kier alpha value is -1.28. The molecule has 0 fully saturated rings. The molecule has 0 saturated carbocycles. The molecule has 0 radical (unpaired) electrons. The number of nitriles is 1. The van der Waals surface area contributed by atoms with Gasteiger partial charge in [0.25, 0.3) is 0 Å². The summed E-state index contributed by atoms with van der Waals surface area (Å²) in [4.78, 5) is 0. The maximum Gasteiger partial charge on any atom is 0.145 e. The van der Waals surface area contributed by atoms with Crippen molar-refractivity contribution in [1.29, 1.82) is 5.26 Å². The van der Waals surface area contributed by atoms with Crippen LogP contribution in [0.15, 0.2) is 34.8 Å². The van der Waals surface area contributed by atoms with Gasteiger partial charge in [-0.2, -0.15) is 5.26 Å². The number of rotatable bonds is 2. The molecule has 0 N–H and O–H groups in total. The SMILES string of the molecule is N#Cc1cc(Cl)ccc1Oc1cc(F)c(Cl)cc1Br. The summed E-state index contributed by atoms with van der Waals surface area (Å²) < 4.78 is 19.4. The Morgan fingerprint density at radius 3 is 2.58 bits per heavy atom. The molecular formula is C13H5BrCl2FNO. The summed E-state index contributed by atoms with van der Waals surface area (Å²) in [6, 6.07) is 9.07. The number of hydrogen-bond acceptors (Lipinski definition) is 2. The van der Waals surface area contributed by atoms with Gasteiger partial charge in [0.2, 0.25) is 0 Å². The lowest BCUT2D eigenvalue weighted by molar-refractivity contribution is 0.472. The molecule has 0 aliphatic rings. The third-order valence-corrected chi connectivity index (χ3v) is 3.40. The minimum absolute atomic E-state index is 0.0177. The highest BCUT2D eigenvalue weighted by atomic mass is 79.9. The number of halogens is 4. The van der Waals surface area contributed by atoms with E-state index in [4.69, 9.17) is 33.2 Å². The first-order chi connectivity index (χ1) is 9.01. The van der Waals surface area contributed by atoms with Crippen LogP contribution in [-0.2, 0) is 0 Å². The third kappa shape index (κ3) is 3.19. The van der Waals surface area contributed by atoms with Crippen molar-refractivity contribution in [1.82, 2.24) is 0 Å². The van der Waals surface area contributed by atoms with Gasteiger partial charge in [0.15, 0.2) is 0 Å². The van der Waals surface area contributed by atoms with Crippen LogP contribution in [0.2, 0.25) is 10.0 Å². The average molecular weight is 361 g/mol. The van der Waals surface area contributed by atoms with E-state index in [0.717, 1.165) is 6.07 Å². The Morgan fingerprint density at radius 2 is 1.89 bits per heavy atom. The van der Waals surface area contributed by atoms with Gasteiger partial charge in [-0.3, -0.25) is 0 Å². The molecule has 0 bridgehead atoms. The van der Waals surface area contributed by atoms with Crippen LogP contribution < -0.4 is 4.74 Å². The minimum atomic E-state index is -0.604. The highest BCUT2D eigenvalue weighted by Gasteiger charge is 2.11. The Labute approximate surface area is 127 Å². The lowest BCUT2D eigenvalue weighted by Gasteiger charge is -2.10. The first kappa shape index (κ1) is 14.1.